The second kappa shape index (κ2) is 8.73. The number of aromatic nitrogens is 2. The Hall–Kier alpha value is -3.80. The van der Waals surface area contributed by atoms with Gasteiger partial charge in [0.25, 0.3) is 12.5 Å². The molecule has 1 amide bonds. The Labute approximate surface area is 160 Å². The number of ketones is 2. The van der Waals surface area contributed by atoms with Crippen molar-refractivity contribution in [3.8, 4) is 6.57 Å². The first-order valence-electron chi connectivity index (χ1n) is 8.25. The molecule has 0 aliphatic rings. The van der Waals surface area contributed by atoms with Crippen LogP contribution >= 0.6 is 0 Å². The lowest BCUT2D eigenvalue weighted by Gasteiger charge is -2.16. The number of rotatable bonds is 7. The molecule has 9 heteroatoms. The summed E-state index contributed by atoms with van der Waals surface area (Å²) in [5, 5.41) is 2.55. The smallest absolute Gasteiger partial charge is 0.361 e. The molecule has 0 saturated carbocycles. The number of carbonyl (C=O) groups excluding carboxylic acids is 4. The zero-order valence-corrected chi connectivity index (χ0v) is 15.6. The second-order valence-corrected chi connectivity index (χ2v) is 5.99. The van der Waals surface area contributed by atoms with Gasteiger partial charge in [0.05, 0.1) is 13.4 Å². The minimum absolute atomic E-state index is 0.0125. The third kappa shape index (κ3) is 4.48. The van der Waals surface area contributed by atoms with Crippen molar-refractivity contribution in [1.29, 1.82) is 0 Å². The molecule has 0 radical (unpaired) electrons. The Morgan fingerprint density at radius 2 is 1.82 bits per heavy atom. The van der Waals surface area contributed by atoms with E-state index in [2.05, 4.69) is 20.1 Å². The van der Waals surface area contributed by atoms with Crippen molar-refractivity contribution in [3.05, 3.63) is 51.9 Å². The standard InChI is InChI=1S/C19H18N4O5/c1-10(24)14-5-12(6-15(11(2)25)17(14)20-3)18(26)23-16(19(27)28-4)7-13-8-21-9-22-13/h3,5-6,8-9,16H,7H2,1-2,4H3,(H-,21,22,23,26)/p+1/t16-/m1/s1. The molecule has 0 saturated heterocycles. The molecular formula is C19H19N4O5+. The van der Waals surface area contributed by atoms with Crippen LogP contribution in [0, 0.1) is 6.57 Å². The zero-order chi connectivity index (χ0) is 20.8. The highest BCUT2D eigenvalue weighted by Crippen LogP contribution is 2.28. The second-order valence-electron chi connectivity index (χ2n) is 5.99. The zero-order valence-electron chi connectivity index (χ0n) is 15.6. The van der Waals surface area contributed by atoms with Crippen LogP contribution in [0.5, 0.6) is 0 Å². The minimum Gasteiger partial charge on any atom is -0.467 e. The summed E-state index contributed by atoms with van der Waals surface area (Å²) in [4.78, 5) is 58.8. The number of hydrogen-bond donors (Lipinski definition) is 2. The van der Waals surface area contributed by atoms with Crippen LogP contribution in [0.15, 0.2) is 24.7 Å². The molecule has 28 heavy (non-hydrogen) atoms. The lowest BCUT2D eigenvalue weighted by molar-refractivity contribution is -0.142. The predicted molar refractivity (Wildman–Crippen MR) is 100.0 cm³/mol. The molecule has 2 N–H and O–H groups in total. The van der Waals surface area contributed by atoms with Gasteiger partial charge >= 0.3 is 11.7 Å². The molecule has 0 unspecified atom stereocenters. The first-order valence-corrected chi connectivity index (χ1v) is 8.25. The van der Waals surface area contributed by atoms with E-state index in [1.807, 2.05) is 0 Å². The van der Waals surface area contributed by atoms with Gasteiger partial charge < -0.3 is 15.0 Å². The highest BCUT2D eigenvalue weighted by Gasteiger charge is 2.28. The van der Waals surface area contributed by atoms with Gasteiger partial charge in [0, 0.05) is 23.9 Å². The molecular weight excluding hydrogens is 364 g/mol. The maximum atomic E-state index is 12.7. The van der Waals surface area contributed by atoms with E-state index in [0.717, 1.165) is 0 Å². The lowest BCUT2D eigenvalue weighted by Crippen LogP contribution is -2.43. The summed E-state index contributed by atoms with van der Waals surface area (Å²) in [6.45, 7) is 7.85. The molecule has 9 nitrogen and oxygen atoms in total. The summed E-state index contributed by atoms with van der Waals surface area (Å²) >= 11 is 0. The molecule has 1 aromatic carbocycles. The van der Waals surface area contributed by atoms with Crippen LogP contribution in [0.2, 0.25) is 0 Å². The van der Waals surface area contributed by atoms with Crippen LogP contribution in [0.3, 0.4) is 0 Å². The number of esters is 1. The fraction of sp³-hybridized carbons (Fsp3) is 0.263. The van der Waals surface area contributed by atoms with E-state index in [9.17, 15) is 19.2 Å². The van der Waals surface area contributed by atoms with Crippen LogP contribution in [0.1, 0.15) is 50.6 Å². The molecule has 0 aliphatic heterocycles. The molecule has 2 aromatic rings. The van der Waals surface area contributed by atoms with Crippen molar-refractivity contribution < 1.29 is 23.9 Å². The SMILES string of the molecule is C#[N+]c1c(C(C)=O)cc(C(=O)N[C@H](Cc2cnc[nH]2)C(=O)OC)cc1C(C)=O. The first-order chi connectivity index (χ1) is 13.3. The fourth-order valence-electron chi connectivity index (χ4n) is 2.63. The van der Waals surface area contributed by atoms with Crippen LogP contribution < -0.4 is 5.32 Å². The maximum absolute atomic E-state index is 12.7. The van der Waals surface area contributed by atoms with E-state index < -0.39 is 29.5 Å². The van der Waals surface area contributed by atoms with E-state index in [0.29, 0.717) is 5.69 Å². The summed E-state index contributed by atoms with van der Waals surface area (Å²) in [5.74, 6) is -2.15. The Morgan fingerprint density at radius 3 is 2.25 bits per heavy atom. The number of hydrogen-bond acceptors (Lipinski definition) is 6. The van der Waals surface area contributed by atoms with Gasteiger partial charge in [0.1, 0.15) is 17.2 Å². The first kappa shape index (κ1) is 20.5. The number of nitrogens with one attached hydrogen (secondary N) is 2. The summed E-state index contributed by atoms with van der Waals surface area (Å²) < 4.78 is 4.73. The van der Waals surface area contributed by atoms with Crippen molar-refractivity contribution in [3.63, 3.8) is 0 Å². The third-order valence-corrected chi connectivity index (χ3v) is 4.03. The number of carbonyl (C=O) groups is 4. The predicted octanol–water partition coefficient (Wildman–Crippen LogP) is 1.92. The Kier molecular flexibility index (Phi) is 6.39. The Balaban J connectivity index is 2.41. The highest BCUT2D eigenvalue weighted by atomic mass is 16.5. The number of aromatic amines is 1. The van der Waals surface area contributed by atoms with Gasteiger partial charge in [-0.1, -0.05) is 0 Å². The van der Waals surface area contributed by atoms with Gasteiger partial charge in [0.15, 0.2) is 11.6 Å². The van der Waals surface area contributed by atoms with Gasteiger partial charge in [-0.2, -0.15) is 0 Å². The molecule has 1 heterocycles. The molecule has 0 aliphatic carbocycles. The molecule has 0 fully saturated rings. The van der Waals surface area contributed by atoms with E-state index >= 15 is 0 Å². The molecule has 0 spiro atoms. The van der Waals surface area contributed by atoms with Crippen molar-refractivity contribution in [2.45, 2.75) is 26.3 Å². The third-order valence-electron chi connectivity index (χ3n) is 4.03. The normalized spacial score (nSPS) is 11.2. The highest BCUT2D eigenvalue weighted by molar-refractivity contribution is 6.11. The molecule has 144 valence electrons. The van der Waals surface area contributed by atoms with Gasteiger partial charge in [-0.05, 0) is 30.8 Å². The van der Waals surface area contributed by atoms with E-state index in [1.165, 1.54) is 45.6 Å². The number of benzene rings is 1. The van der Waals surface area contributed by atoms with Gasteiger partial charge in [-0.25, -0.2) is 9.78 Å². The fourth-order valence-corrected chi connectivity index (χ4v) is 2.63. The summed E-state index contributed by atoms with van der Waals surface area (Å²) in [6.07, 6.45) is 3.08. The Morgan fingerprint density at radius 1 is 1.21 bits per heavy atom. The average molecular weight is 383 g/mol. The van der Waals surface area contributed by atoms with Crippen molar-refractivity contribution in [2.75, 3.05) is 7.11 Å². The number of imidazole rings is 1. The summed E-state index contributed by atoms with van der Waals surface area (Å²) in [5.41, 5.74) is 0.703. The number of H-pyrrole nitrogens is 1. The number of ether oxygens (including phenoxy) is 1. The Bertz CT molecular complexity index is 938. The van der Waals surface area contributed by atoms with Crippen molar-refractivity contribution in [2.24, 2.45) is 0 Å². The number of methoxy groups -OCH3 is 1. The van der Waals surface area contributed by atoms with Gasteiger partial charge in [0.2, 0.25) is 0 Å². The van der Waals surface area contributed by atoms with Crippen LogP contribution in [0.4, 0.5) is 5.69 Å². The topological polar surface area (TPSA) is 123 Å². The number of amides is 1. The molecule has 2 rings (SSSR count). The quantitative estimate of drug-likeness (QED) is 0.556. The molecule has 0 bridgehead atoms. The van der Waals surface area contributed by atoms with E-state index in [-0.39, 0.29) is 28.8 Å². The largest absolute Gasteiger partial charge is 0.467 e. The monoisotopic (exact) mass is 383 g/mol. The van der Waals surface area contributed by atoms with Gasteiger partial charge in [-0.15, -0.1) is 0 Å². The van der Waals surface area contributed by atoms with Crippen molar-refractivity contribution in [1.82, 2.24) is 15.3 Å². The maximum Gasteiger partial charge on any atom is 0.361 e. The van der Waals surface area contributed by atoms with Gasteiger partial charge in [-0.3, -0.25) is 14.4 Å². The average Bonchev–Trinajstić information content (AvgIpc) is 3.18. The summed E-state index contributed by atoms with van der Waals surface area (Å²) in [7, 11) is 1.20. The lowest BCUT2D eigenvalue weighted by atomic mass is 9.97. The number of Topliss-reactive ketones (excluding diaryl/α,β-unsaturated/α-hetero) is 2. The van der Waals surface area contributed by atoms with E-state index in [1.54, 1.807) is 0 Å². The molecule has 1 atom stereocenters. The van der Waals surface area contributed by atoms with Crippen LogP contribution in [0.25, 0.3) is 4.85 Å². The van der Waals surface area contributed by atoms with E-state index in [4.69, 9.17) is 11.3 Å². The van der Waals surface area contributed by atoms with Crippen LogP contribution in [-0.4, -0.2) is 46.6 Å². The number of nitrogens with zero attached hydrogens (tertiary/aromatic N) is 2. The van der Waals surface area contributed by atoms with Crippen LogP contribution in [-0.2, 0) is 16.0 Å². The molecule has 1 aromatic heterocycles. The summed E-state index contributed by atoms with van der Waals surface area (Å²) in [6, 6.07) is 1.55. The minimum atomic E-state index is -1.00. The van der Waals surface area contributed by atoms with Crippen molar-refractivity contribution >= 4 is 29.1 Å².